The van der Waals surface area contributed by atoms with Crippen LogP contribution in [0.5, 0.6) is 0 Å². The van der Waals surface area contributed by atoms with Gasteiger partial charge in [0.25, 0.3) is 0 Å². The first kappa shape index (κ1) is 18.4. The van der Waals surface area contributed by atoms with Crippen molar-refractivity contribution in [1.82, 2.24) is 0 Å². The summed E-state index contributed by atoms with van der Waals surface area (Å²) in [6, 6.07) is 0. The average molecular weight is 314 g/mol. The molecule has 0 aromatic carbocycles. The van der Waals surface area contributed by atoms with Gasteiger partial charge in [-0.3, -0.25) is 4.79 Å². The maximum Gasteiger partial charge on any atom is 0.303 e. The Morgan fingerprint density at radius 3 is 2.33 bits per heavy atom. The maximum atomic E-state index is 11.2. The number of ether oxygens (including phenoxy) is 2. The lowest BCUT2D eigenvalue weighted by atomic mass is 9.74. The molecule has 0 spiro atoms. The second-order valence-corrected chi connectivity index (χ2v) is 12.1. The molecule has 0 bridgehead atoms. The van der Waals surface area contributed by atoms with Crippen LogP contribution in [0.4, 0.5) is 0 Å². The Morgan fingerprint density at radius 2 is 1.86 bits per heavy atom. The van der Waals surface area contributed by atoms with Crippen molar-refractivity contribution >= 4 is 14.0 Å². The van der Waals surface area contributed by atoms with Crippen molar-refractivity contribution in [3.8, 4) is 0 Å². The van der Waals surface area contributed by atoms with E-state index in [1.165, 1.54) is 5.57 Å². The van der Waals surface area contributed by atoms with Crippen LogP contribution in [0.15, 0.2) is 11.3 Å². The number of rotatable bonds is 7. The Kier molecular flexibility index (Phi) is 7.10. The molecule has 1 fully saturated rings. The number of carbonyl (C=O) groups is 1. The van der Waals surface area contributed by atoms with Gasteiger partial charge in [-0.25, -0.2) is 0 Å². The van der Waals surface area contributed by atoms with Crippen LogP contribution in [-0.4, -0.2) is 39.7 Å². The minimum absolute atomic E-state index is 0.183. The topological polar surface area (TPSA) is 55.8 Å². The van der Waals surface area contributed by atoms with E-state index in [0.717, 1.165) is 25.7 Å². The van der Waals surface area contributed by atoms with Crippen molar-refractivity contribution in [2.75, 3.05) is 14.2 Å². The van der Waals surface area contributed by atoms with Gasteiger partial charge in [0.2, 0.25) is 0 Å². The molecule has 0 amide bonds. The number of carboxylic acids is 1. The summed E-state index contributed by atoms with van der Waals surface area (Å²) in [6.45, 7) is 6.90. The molecule has 0 radical (unpaired) electrons. The van der Waals surface area contributed by atoms with E-state index in [1.54, 1.807) is 14.2 Å². The second-order valence-electron chi connectivity index (χ2n) is 7.07. The van der Waals surface area contributed by atoms with Gasteiger partial charge in [-0.15, -0.1) is 0 Å². The van der Waals surface area contributed by atoms with Crippen molar-refractivity contribution in [3.63, 3.8) is 0 Å². The van der Waals surface area contributed by atoms with Crippen LogP contribution in [0, 0.1) is 11.8 Å². The largest absolute Gasteiger partial charge is 0.481 e. The van der Waals surface area contributed by atoms with E-state index in [2.05, 4.69) is 25.3 Å². The predicted molar refractivity (Wildman–Crippen MR) is 86.9 cm³/mol. The zero-order valence-corrected chi connectivity index (χ0v) is 15.0. The van der Waals surface area contributed by atoms with Gasteiger partial charge in [0.1, 0.15) is 0 Å². The molecule has 0 heterocycles. The highest BCUT2D eigenvalue weighted by Crippen LogP contribution is 2.40. The van der Waals surface area contributed by atoms with Crippen molar-refractivity contribution in [2.45, 2.75) is 58.0 Å². The first-order chi connectivity index (χ1) is 9.76. The summed E-state index contributed by atoms with van der Waals surface area (Å²) in [5.74, 6) is -0.126. The van der Waals surface area contributed by atoms with Gasteiger partial charge in [-0.05, 0) is 24.7 Å². The first-order valence-electron chi connectivity index (χ1n) is 7.77. The fourth-order valence-corrected chi connectivity index (χ4v) is 4.69. The minimum atomic E-state index is -1.39. The molecule has 4 nitrogen and oxygen atoms in total. The summed E-state index contributed by atoms with van der Waals surface area (Å²) in [6.07, 6.45) is 4.05. The molecule has 1 saturated carbocycles. The molecule has 2 atom stereocenters. The number of hydrogen-bond acceptors (Lipinski definition) is 3. The van der Waals surface area contributed by atoms with E-state index in [1.807, 2.05) is 0 Å². The fraction of sp³-hybridized carbons (Fsp3) is 0.812. The van der Waals surface area contributed by atoms with Crippen LogP contribution >= 0.6 is 0 Å². The van der Waals surface area contributed by atoms with Crippen LogP contribution in [0.1, 0.15) is 32.1 Å². The van der Waals surface area contributed by atoms with Crippen LogP contribution in [-0.2, 0) is 14.3 Å². The van der Waals surface area contributed by atoms with E-state index in [4.69, 9.17) is 9.47 Å². The molecule has 1 aliphatic carbocycles. The average Bonchev–Trinajstić information content (AvgIpc) is 2.37. The van der Waals surface area contributed by atoms with E-state index in [-0.39, 0.29) is 18.6 Å². The molecule has 0 aromatic heterocycles. The highest BCUT2D eigenvalue weighted by atomic mass is 28.3. The zero-order chi connectivity index (χ0) is 16.0. The van der Waals surface area contributed by atoms with Gasteiger partial charge in [0.05, 0.1) is 14.5 Å². The molecular formula is C16H30O4Si. The van der Waals surface area contributed by atoms with Gasteiger partial charge in [-0.2, -0.15) is 0 Å². The molecule has 0 aliphatic heterocycles. The van der Waals surface area contributed by atoms with Gasteiger partial charge in [-0.1, -0.05) is 37.3 Å². The number of carboxylic acid groups (broad SMARTS) is 1. The highest BCUT2D eigenvalue weighted by Gasteiger charge is 2.32. The molecule has 122 valence electrons. The summed E-state index contributed by atoms with van der Waals surface area (Å²) in [4.78, 5) is 11.2. The highest BCUT2D eigenvalue weighted by molar-refractivity contribution is 6.81. The van der Waals surface area contributed by atoms with E-state index in [0.29, 0.717) is 5.92 Å². The van der Waals surface area contributed by atoms with Crippen molar-refractivity contribution in [2.24, 2.45) is 11.8 Å². The summed E-state index contributed by atoms with van der Waals surface area (Å²) in [7, 11) is 1.93. The monoisotopic (exact) mass is 314 g/mol. The Hall–Kier alpha value is -0.653. The van der Waals surface area contributed by atoms with Crippen LogP contribution in [0.2, 0.25) is 19.6 Å². The number of aliphatic carboxylic acids is 1. The van der Waals surface area contributed by atoms with Crippen molar-refractivity contribution < 1.29 is 19.4 Å². The molecule has 5 heteroatoms. The quantitative estimate of drug-likeness (QED) is 0.575. The molecule has 0 aromatic rings. The molecule has 1 rings (SSSR count). The molecule has 21 heavy (non-hydrogen) atoms. The van der Waals surface area contributed by atoms with Crippen molar-refractivity contribution in [1.29, 1.82) is 0 Å². The van der Waals surface area contributed by atoms with E-state index >= 15 is 0 Å². The Balaban J connectivity index is 2.97. The van der Waals surface area contributed by atoms with Crippen LogP contribution in [0.3, 0.4) is 0 Å². The second kappa shape index (κ2) is 8.10. The third-order valence-electron chi connectivity index (χ3n) is 4.07. The van der Waals surface area contributed by atoms with Crippen LogP contribution in [0.25, 0.3) is 0 Å². The SMILES string of the molecule is COC(C[C@H]1CCC[C@@H](CC(=O)O)/C1=C/[Si](C)(C)C)OC. The van der Waals surface area contributed by atoms with Gasteiger partial charge >= 0.3 is 5.97 Å². The number of allylic oxidation sites excluding steroid dienone is 1. The minimum Gasteiger partial charge on any atom is -0.481 e. The van der Waals surface area contributed by atoms with Gasteiger partial charge in [0.15, 0.2) is 6.29 Å². The molecule has 1 aliphatic rings. The molecular weight excluding hydrogens is 284 g/mol. The lowest BCUT2D eigenvalue weighted by Crippen LogP contribution is -2.29. The van der Waals surface area contributed by atoms with E-state index in [9.17, 15) is 9.90 Å². The fourth-order valence-electron chi connectivity index (χ4n) is 3.22. The molecule has 0 saturated heterocycles. The lowest BCUT2D eigenvalue weighted by molar-refractivity contribution is -0.138. The lowest BCUT2D eigenvalue weighted by Gasteiger charge is -2.35. The third kappa shape index (κ3) is 6.32. The predicted octanol–water partition coefficient (Wildman–Crippen LogP) is 3.69. The van der Waals surface area contributed by atoms with Crippen molar-refractivity contribution in [3.05, 3.63) is 11.3 Å². The Morgan fingerprint density at radius 1 is 1.29 bits per heavy atom. The summed E-state index contributed by atoms with van der Waals surface area (Å²) >= 11 is 0. The van der Waals surface area contributed by atoms with E-state index < -0.39 is 14.0 Å². The number of hydrogen-bond donors (Lipinski definition) is 1. The Bertz CT molecular complexity index is 369. The smallest absolute Gasteiger partial charge is 0.303 e. The first-order valence-corrected chi connectivity index (χ1v) is 11.3. The third-order valence-corrected chi connectivity index (χ3v) is 5.27. The van der Waals surface area contributed by atoms with Gasteiger partial charge in [0, 0.05) is 20.6 Å². The maximum absolute atomic E-state index is 11.2. The summed E-state index contributed by atoms with van der Waals surface area (Å²) in [5, 5.41) is 9.18. The summed E-state index contributed by atoms with van der Waals surface area (Å²) in [5.41, 5.74) is 3.76. The standard InChI is InChI=1S/C16H30O4Si/c1-19-16(20-2)10-13-8-6-7-12(9-15(17)18)14(13)11-21(3,4)5/h11-13,16H,6-10H2,1-5H3,(H,17,18)/b14-11-/t12-,13+/m0/s1. The Labute approximate surface area is 129 Å². The van der Waals surface area contributed by atoms with Gasteiger partial charge < -0.3 is 14.6 Å². The molecule has 1 N–H and O–H groups in total. The normalized spacial score (nSPS) is 25.5. The van der Waals surface area contributed by atoms with Crippen LogP contribution < -0.4 is 0 Å². The zero-order valence-electron chi connectivity index (χ0n) is 14.0. The number of methoxy groups -OCH3 is 2. The molecule has 0 unspecified atom stereocenters. The summed E-state index contributed by atoms with van der Waals surface area (Å²) < 4.78 is 10.7.